The molecule has 6 heterocycles. The van der Waals surface area contributed by atoms with E-state index >= 15 is 0 Å². The Bertz CT molecular complexity index is 1900. The molecule has 5 aromatic heterocycles. The van der Waals surface area contributed by atoms with Gasteiger partial charge >= 0.3 is 0 Å². The maximum Gasteiger partial charge on any atom is 0.295 e. The number of carbonyl (C=O) groups is 1. The van der Waals surface area contributed by atoms with Crippen LogP contribution in [0.5, 0.6) is 0 Å². The monoisotopic (exact) mass is 558 g/mol. The van der Waals surface area contributed by atoms with E-state index in [0.29, 0.717) is 28.7 Å². The third-order valence-corrected chi connectivity index (χ3v) is 7.68. The smallest absolute Gasteiger partial charge is 0.295 e. The number of halogens is 2. The largest absolute Gasteiger partial charge is 0.331 e. The lowest BCUT2D eigenvalue weighted by Crippen LogP contribution is -2.51. The second-order valence-electron chi connectivity index (χ2n) is 9.48. The van der Waals surface area contributed by atoms with Gasteiger partial charge < -0.3 is 9.30 Å². The van der Waals surface area contributed by atoms with Crippen LogP contribution in [0.1, 0.15) is 22.4 Å². The maximum atomic E-state index is 12.5. The molecule has 0 radical (unpaired) electrons. The third kappa shape index (κ3) is 3.84. The van der Waals surface area contributed by atoms with Crippen LogP contribution < -0.4 is 0 Å². The van der Waals surface area contributed by atoms with Crippen LogP contribution in [0, 0.1) is 6.92 Å². The van der Waals surface area contributed by atoms with Crippen molar-refractivity contribution in [2.45, 2.75) is 13.0 Å². The average molecular weight is 559 g/mol. The molecule has 1 amide bonds. The molecule has 6 aromatic rings. The number of likely N-dealkylation sites (tertiary alicyclic amines) is 1. The van der Waals surface area contributed by atoms with Crippen LogP contribution in [0.15, 0.2) is 55.1 Å². The first kappa shape index (κ1) is 23.7. The molecule has 0 spiro atoms. The van der Waals surface area contributed by atoms with E-state index in [-0.39, 0.29) is 17.8 Å². The van der Waals surface area contributed by atoms with Crippen LogP contribution >= 0.6 is 23.2 Å². The highest BCUT2D eigenvalue weighted by molar-refractivity contribution is 6.39. The summed E-state index contributed by atoms with van der Waals surface area (Å²) in [6, 6.07) is 9.54. The second kappa shape index (κ2) is 8.85. The Hall–Kier alpha value is -4.35. The number of fused-ring (bicyclic) bond motifs is 3. The van der Waals surface area contributed by atoms with Crippen molar-refractivity contribution in [1.29, 1.82) is 0 Å². The summed E-state index contributed by atoms with van der Waals surface area (Å²) < 4.78 is 3.91. The number of imidazole rings is 1. The van der Waals surface area contributed by atoms with Crippen molar-refractivity contribution < 1.29 is 4.79 Å². The number of tetrazole rings is 1. The van der Waals surface area contributed by atoms with Gasteiger partial charge in [0.1, 0.15) is 5.65 Å². The summed E-state index contributed by atoms with van der Waals surface area (Å²) in [5.41, 5.74) is 5.80. The van der Waals surface area contributed by atoms with Gasteiger partial charge in [-0.1, -0.05) is 29.3 Å². The van der Waals surface area contributed by atoms with E-state index in [1.165, 1.54) is 4.80 Å². The van der Waals surface area contributed by atoms with Gasteiger partial charge in [0.05, 0.1) is 40.5 Å². The van der Waals surface area contributed by atoms with Crippen LogP contribution in [0.3, 0.4) is 0 Å². The number of benzene rings is 1. The topological polar surface area (TPSA) is 112 Å². The fraction of sp³-hybridized carbons (Fsp3) is 0.192. The molecule has 0 aliphatic carbocycles. The molecule has 0 saturated carbocycles. The van der Waals surface area contributed by atoms with Crippen LogP contribution in [0.25, 0.3) is 38.9 Å². The molecule has 1 aromatic carbocycles. The molecule has 194 valence electrons. The van der Waals surface area contributed by atoms with Gasteiger partial charge in [-0.15, -0.1) is 10.2 Å². The van der Waals surface area contributed by atoms with Crippen molar-refractivity contribution in [3.8, 4) is 22.4 Å². The molecule has 0 atom stereocenters. The molecular weight excluding hydrogens is 539 g/mol. The summed E-state index contributed by atoms with van der Waals surface area (Å²) in [4.78, 5) is 25.1. The minimum atomic E-state index is -0.234. The standard InChI is InChI=1S/C26H20Cl2N10O/c1-14-23(22-19(27)4-3-5-20(22)28)31-25-18-8-15(9-29-21(18)6-7-37(14)25)16-10-30-38(11-16)17-12-36(13-17)26(39)24-32-34-35(2)33-24/h3-11,17H,12-13H2,1-2H3. The fourth-order valence-corrected chi connectivity index (χ4v) is 5.50. The summed E-state index contributed by atoms with van der Waals surface area (Å²) in [6.07, 6.45) is 7.57. The lowest BCUT2D eigenvalue weighted by Gasteiger charge is -2.38. The molecule has 0 unspecified atom stereocenters. The predicted octanol–water partition coefficient (Wildman–Crippen LogP) is 4.25. The van der Waals surface area contributed by atoms with E-state index in [4.69, 9.17) is 33.2 Å². The highest BCUT2D eigenvalue weighted by atomic mass is 35.5. The van der Waals surface area contributed by atoms with Gasteiger partial charge in [0.25, 0.3) is 11.7 Å². The Morgan fingerprint density at radius 2 is 1.87 bits per heavy atom. The number of nitrogens with zero attached hydrogens (tertiary/aromatic N) is 10. The molecular formula is C26H20Cl2N10O. The molecule has 1 aliphatic heterocycles. The number of aromatic nitrogens is 9. The molecule has 13 heteroatoms. The molecule has 1 aliphatic rings. The zero-order chi connectivity index (χ0) is 26.8. The highest BCUT2D eigenvalue weighted by Crippen LogP contribution is 2.37. The molecule has 1 fully saturated rings. The summed E-state index contributed by atoms with van der Waals surface area (Å²) in [5.74, 6) is -0.137. The second-order valence-corrected chi connectivity index (χ2v) is 10.3. The van der Waals surface area contributed by atoms with E-state index in [9.17, 15) is 4.79 Å². The van der Waals surface area contributed by atoms with E-state index < -0.39 is 0 Å². The average Bonchev–Trinajstić information content (AvgIpc) is 3.63. The van der Waals surface area contributed by atoms with Crippen LogP contribution in [0.2, 0.25) is 10.0 Å². The SMILES string of the molecule is Cc1c(-c2c(Cl)cccc2Cl)nc2c3cc(-c4cnn(C5CN(C(=O)c6nnn(C)n6)C5)c4)cnc3ccn12. The van der Waals surface area contributed by atoms with E-state index in [2.05, 4.69) is 26.6 Å². The number of aryl methyl sites for hydroxylation is 2. The summed E-state index contributed by atoms with van der Waals surface area (Å²) in [6.45, 7) is 3.04. The van der Waals surface area contributed by atoms with Gasteiger partial charge in [-0.2, -0.15) is 9.90 Å². The fourth-order valence-electron chi connectivity index (χ4n) is 4.92. The van der Waals surface area contributed by atoms with E-state index in [0.717, 1.165) is 39.1 Å². The van der Waals surface area contributed by atoms with Crippen molar-refractivity contribution in [2.24, 2.45) is 7.05 Å². The van der Waals surface area contributed by atoms with Crippen LogP contribution in [0.4, 0.5) is 0 Å². The quantitative estimate of drug-likeness (QED) is 0.318. The molecule has 1 saturated heterocycles. The van der Waals surface area contributed by atoms with E-state index in [1.54, 1.807) is 11.9 Å². The number of carbonyl (C=O) groups excluding carboxylic acids is 1. The zero-order valence-corrected chi connectivity index (χ0v) is 22.3. The number of pyridine rings is 2. The Morgan fingerprint density at radius 1 is 1.08 bits per heavy atom. The Kier molecular flexibility index (Phi) is 5.39. The lowest BCUT2D eigenvalue weighted by atomic mass is 10.1. The molecule has 11 nitrogen and oxygen atoms in total. The van der Waals surface area contributed by atoms with Crippen molar-refractivity contribution in [3.05, 3.63) is 76.7 Å². The number of hydrogen-bond donors (Lipinski definition) is 0. The Balaban J connectivity index is 1.20. The van der Waals surface area contributed by atoms with Crippen molar-refractivity contribution in [3.63, 3.8) is 0 Å². The van der Waals surface area contributed by atoms with Gasteiger partial charge in [0, 0.05) is 59.5 Å². The van der Waals surface area contributed by atoms with Gasteiger partial charge in [-0.3, -0.25) is 14.5 Å². The predicted molar refractivity (Wildman–Crippen MR) is 146 cm³/mol. The Labute approximate surface area is 231 Å². The van der Waals surface area contributed by atoms with Crippen LogP contribution in [-0.4, -0.2) is 68.3 Å². The van der Waals surface area contributed by atoms with Gasteiger partial charge in [0.15, 0.2) is 0 Å². The minimum absolute atomic E-state index is 0.0670. The first-order valence-corrected chi connectivity index (χ1v) is 12.9. The normalized spacial score (nSPS) is 13.9. The van der Waals surface area contributed by atoms with Gasteiger partial charge in [-0.05, 0) is 36.4 Å². The molecule has 7 rings (SSSR count). The summed E-state index contributed by atoms with van der Waals surface area (Å²) in [5, 5.41) is 18.1. The zero-order valence-electron chi connectivity index (χ0n) is 20.8. The van der Waals surface area contributed by atoms with Gasteiger partial charge in [0.2, 0.25) is 0 Å². The summed E-state index contributed by atoms with van der Waals surface area (Å²) >= 11 is 13.0. The highest BCUT2D eigenvalue weighted by Gasteiger charge is 2.35. The summed E-state index contributed by atoms with van der Waals surface area (Å²) in [7, 11) is 1.63. The third-order valence-electron chi connectivity index (χ3n) is 7.05. The van der Waals surface area contributed by atoms with Crippen LogP contribution in [-0.2, 0) is 7.05 Å². The number of rotatable bonds is 4. The number of amides is 1. The first-order valence-electron chi connectivity index (χ1n) is 12.2. The lowest BCUT2D eigenvalue weighted by molar-refractivity contribution is 0.0488. The van der Waals surface area contributed by atoms with Gasteiger partial charge in [-0.25, -0.2) is 4.98 Å². The maximum absolute atomic E-state index is 12.5. The van der Waals surface area contributed by atoms with Crippen molar-refractivity contribution in [1.82, 2.24) is 49.3 Å². The minimum Gasteiger partial charge on any atom is -0.331 e. The Morgan fingerprint density at radius 3 is 2.62 bits per heavy atom. The molecule has 0 N–H and O–H groups in total. The molecule has 0 bridgehead atoms. The van der Waals surface area contributed by atoms with Crippen molar-refractivity contribution in [2.75, 3.05) is 13.1 Å². The first-order chi connectivity index (χ1) is 18.9. The number of hydrogen-bond acceptors (Lipinski definition) is 7. The van der Waals surface area contributed by atoms with E-state index in [1.807, 2.05) is 65.1 Å². The van der Waals surface area contributed by atoms with Crippen molar-refractivity contribution >= 4 is 45.7 Å². The molecule has 39 heavy (non-hydrogen) atoms.